The molecule has 5 nitrogen and oxygen atoms in total. The molecular weight excluding hydrogens is 278 g/mol. The predicted octanol–water partition coefficient (Wildman–Crippen LogP) is 1.67. The van der Waals surface area contributed by atoms with E-state index in [-0.39, 0.29) is 11.9 Å². The third kappa shape index (κ3) is 7.02. The summed E-state index contributed by atoms with van der Waals surface area (Å²) in [6, 6.07) is 0. The molecule has 0 aliphatic carbocycles. The number of piperidine rings is 1. The van der Waals surface area contributed by atoms with Gasteiger partial charge in [-0.15, -0.1) is 0 Å². The molecular formula is C14H30NO4S+. The van der Waals surface area contributed by atoms with Crippen LogP contribution in [0.3, 0.4) is 0 Å². The minimum atomic E-state index is -3.86. The van der Waals surface area contributed by atoms with Crippen molar-refractivity contribution in [3.63, 3.8) is 0 Å². The van der Waals surface area contributed by atoms with Crippen LogP contribution in [0.15, 0.2) is 0 Å². The number of nitrogens with zero attached hydrogens (tertiary/aromatic N) is 1. The monoisotopic (exact) mass is 308 g/mol. The average Bonchev–Trinajstić information content (AvgIpc) is 2.31. The number of aliphatic hydroxyl groups is 1. The Bertz CT molecular complexity index is 373. The SMILES string of the molecule is CC(C)CCC[N+]1(CCCS(=O)(=O)O)CCC(O)CC1. The highest BCUT2D eigenvalue weighted by Gasteiger charge is 2.32. The fourth-order valence-electron chi connectivity index (χ4n) is 3.08. The molecule has 0 atom stereocenters. The Kier molecular flexibility index (Phi) is 6.91. The minimum absolute atomic E-state index is 0.153. The molecule has 0 aromatic rings. The number of quaternary nitrogens is 1. The van der Waals surface area contributed by atoms with E-state index in [0.29, 0.717) is 12.3 Å². The van der Waals surface area contributed by atoms with Crippen LogP contribution in [-0.2, 0) is 10.1 Å². The summed E-state index contributed by atoms with van der Waals surface area (Å²) in [5.41, 5.74) is 0. The van der Waals surface area contributed by atoms with Crippen molar-refractivity contribution in [3.8, 4) is 0 Å². The van der Waals surface area contributed by atoms with Crippen LogP contribution in [-0.4, -0.2) is 60.6 Å². The van der Waals surface area contributed by atoms with Crippen LogP contribution < -0.4 is 0 Å². The number of aliphatic hydroxyl groups excluding tert-OH is 1. The Morgan fingerprint density at radius 3 is 2.20 bits per heavy atom. The molecule has 2 N–H and O–H groups in total. The zero-order chi connectivity index (χ0) is 15.2. The molecule has 20 heavy (non-hydrogen) atoms. The topological polar surface area (TPSA) is 74.6 Å². The normalized spacial score (nSPS) is 27.9. The zero-order valence-electron chi connectivity index (χ0n) is 12.8. The molecule has 1 rings (SSSR count). The molecule has 0 radical (unpaired) electrons. The van der Waals surface area contributed by atoms with Gasteiger partial charge in [0.1, 0.15) is 0 Å². The van der Waals surface area contributed by atoms with Gasteiger partial charge in [-0.2, -0.15) is 8.42 Å². The van der Waals surface area contributed by atoms with Crippen LogP contribution in [0, 0.1) is 5.92 Å². The van der Waals surface area contributed by atoms with Crippen LogP contribution >= 0.6 is 0 Å². The second-order valence-electron chi connectivity index (χ2n) is 6.64. The second-order valence-corrected chi connectivity index (χ2v) is 8.21. The number of hydrogen-bond acceptors (Lipinski definition) is 3. The first-order valence-corrected chi connectivity index (χ1v) is 9.32. The van der Waals surface area contributed by atoms with Crippen molar-refractivity contribution in [3.05, 3.63) is 0 Å². The molecule has 0 unspecified atom stereocenters. The van der Waals surface area contributed by atoms with E-state index >= 15 is 0 Å². The average molecular weight is 308 g/mol. The Morgan fingerprint density at radius 1 is 1.15 bits per heavy atom. The van der Waals surface area contributed by atoms with Gasteiger partial charge in [-0.25, -0.2) is 0 Å². The third-order valence-electron chi connectivity index (χ3n) is 4.32. The van der Waals surface area contributed by atoms with Gasteiger partial charge in [0.15, 0.2) is 0 Å². The molecule has 1 fully saturated rings. The highest BCUT2D eigenvalue weighted by molar-refractivity contribution is 7.85. The molecule has 120 valence electrons. The summed E-state index contributed by atoms with van der Waals surface area (Å²) in [6.45, 7) is 8.10. The first-order valence-electron chi connectivity index (χ1n) is 7.71. The van der Waals surface area contributed by atoms with Gasteiger partial charge in [-0.1, -0.05) is 13.8 Å². The van der Waals surface area contributed by atoms with Gasteiger partial charge in [0.2, 0.25) is 0 Å². The fourth-order valence-corrected chi connectivity index (χ4v) is 3.57. The summed E-state index contributed by atoms with van der Waals surface area (Å²) in [5.74, 6) is 0.531. The Hall–Kier alpha value is -0.170. The number of hydrogen-bond donors (Lipinski definition) is 2. The maximum absolute atomic E-state index is 10.8. The molecule has 1 aliphatic heterocycles. The predicted molar refractivity (Wildman–Crippen MR) is 80.1 cm³/mol. The number of rotatable bonds is 8. The van der Waals surface area contributed by atoms with Gasteiger partial charge in [0.25, 0.3) is 10.1 Å². The Balaban J connectivity index is 2.50. The van der Waals surface area contributed by atoms with Crippen LogP contribution in [0.4, 0.5) is 0 Å². The third-order valence-corrected chi connectivity index (χ3v) is 5.13. The quantitative estimate of drug-likeness (QED) is 0.528. The summed E-state index contributed by atoms with van der Waals surface area (Å²) in [7, 11) is -3.86. The van der Waals surface area contributed by atoms with E-state index < -0.39 is 10.1 Å². The molecule has 0 aromatic carbocycles. The molecule has 0 amide bonds. The van der Waals surface area contributed by atoms with Crippen LogP contribution in [0.1, 0.15) is 46.0 Å². The minimum Gasteiger partial charge on any atom is -0.393 e. The first kappa shape index (κ1) is 17.9. The van der Waals surface area contributed by atoms with Crippen molar-refractivity contribution < 1.29 is 22.6 Å². The van der Waals surface area contributed by atoms with Gasteiger partial charge >= 0.3 is 0 Å². The van der Waals surface area contributed by atoms with Gasteiger partial charge in [-0.05, 0) is 18.8 Å². The van der Waals surface area contributed by atoms with Crippen molar-refractivity contribution in [2.24, 2.45) is 5.92 Å². The zero-order valence-corrected chi connectivity index (χ0v) is 13.6. The first-order chi connectivity index (χ1) is 9.22. The van der Waals surface area contributed by atoms with Crippen LogP contribution in [0.2, 0.25) is 0 Å². The van der Waals surface area contributed by atoms with E-state index in [1.807, 2.05) is 0 Å². The lowest BCUT2D eigenvalue weighted by atomic mass is 10.0. The molecule has 6 heteroatoms. The maximum Gasteiger partial charge on any atom is 0.265 e. The molecule has 0 aromatic heterocycles. The lowest BCUT2D eigenvalue weighted by Crippen LogP contribution is -2.55. The summed E-state index contributed by atoms with van der Waals surface area (Å²) in [5, 5.41) is 9.66. The van der Waals surface area contributed by atoms with Crippen molar-refractivity contribution in [2.75, 3.05) is 31.9 Å². The van der Waals surface area contributed by atoms with Crippen molar-refractivity contribution >= 4 is 10.1 Å². The summed E-state index contributed by atoms with van der Waals surface area (Å²) >= 11 is 0. The van der Waals surface area contributed by atoms with Gasteiger partial charge in [0, 0.05) is 19.3 Å². The van der Waals surface area contributed by atoms with E-state index in [9.17, 15) is 13.5 Å². The standard InChI is InChI=1S/C14H29NO4S/c1-13(2)5-3-8-15(9-4-12-20(17,18)19)10-6-14(16)7-11-15/h13-14,16H,3-12H2,1-2H3/p+1. The van der Waals surface area contributed by atoms with Crippen molar-refractivity contribution in [2.45, 2.75) is 52.1 Å². The smallest absolute Gasteiger partial charge is 0.265 e. The summed E-state index contributed by atoms with van der Waals surface area (Å²) < 4.78 is 31.4. The molecule has 1 heterocycles. The molecule has 0 bridgehead atoms. The van der Waals surface area contributed by atoms with Gasteiger partial charge < -0.3 is 9.59 Å². The summed E-state index contributed by atoms with van der Waals surface area (Å²) in [4.78, 5) is 0. The Labute approximate surface area is 123 Å². The fraction of sp³-hybridized carbons (Fsp3) is 1.00. The highest BCUT2D eigenvalue weighted by Crippen LogP contribution is 2.22. The van der Waals surface area contributed by atoms with E-state index in [2.05, 4.69) is 13.8 Å². The number of likely N-dealkylation sites (tertiary alicyclic amines) is 1. The second kappa shape index (κ2) is 7.73. The molecule has 1 saturated heterocycles. The van der Waals surface area contributed by atoms with Gasteiger partial charge in [-0.3, -0.25) is 4.55 Å². The molecule has 0 spiro atoms. The highest BCUT2D eigenvalue weighted by atomic mass is 32.2. The lowest BCUT2D eigenvalue weighted by molar-refractivity contribution is -0.933. The van der Waals surface area contributed by atoms with Crippen LogP contribution in [0.25, 0.3) is 0 Å². The maximum atomic E-state index is 10.8. The molecule has 1 aliphatic rings. The van der Waals surface area contributed by atoms with Gasteiger partial charge in [0.05, 0.1) is 38.0 Å². The van der Waals surface area contributed by atoms with E-state index in [0.717, 1.165) is 49.9 Å². The van der Waals surface area contributed by atoms with E-state index in [4.69, 9.17) is 4.55 Å². The lowest BCUT2D eigenvalue weighted by Gasteiger charge is -2.43. The van der Waals surface area contributed by atoms with Crippen molar-refractivity contribution in [1.82, 2.24) is 0 Å². The van der Waals surface area contributed by atoms with E-state index in [1.165, 1.54) is 6.42 Å². The van der Waals surface area contributed by atoms with E-state index in [1.54, 1.807) is 0 Å². The largest absolute Gasteiger partial charge is 0.393 e. The Morgan fingerprint density at radius 2 is 1.70 bits per heavy atom. The summed E-state index contributed by atoms with van der Waals surface area (Å²) in [6.07, 6.45) is 4.21. The van der Waals surface area contributed by atoms with Crippen LogP contribution in [0.5, 0.6) is 0 Å². The molecule has 0 saturated carbocycles. The van der Waals surface area contributed by atoms with Crippen molar-refractivity contribution in [1.29, 1.82) is 0 Å².